The molecule has 1 aliphatic heterocycles. The van der Waals surface area contributed by atoms with Gasteiger partial charge in [-0.3, -0.25) is 9.59 Å². The van der Waals surface area contributed by atoms with Crippen molar-refractivity contribution in [1.29, 1.82) is 0 Å². The van der Waals surface area contributed by atoms with Gasteiger partial charge in [0.05, 0.1) is 18.1 Å². The Labute approximate surface area is 188 Å². The van der Waals surface area contributed by atoms with Gasteiger partial charge < -0.3 is 15.0 Å². The molecule has 2 unspecified atom stereocenters. The number of fused-ring (bicyclic) bond motifs is 1. The minimum atomic E-state index is -0.404. The zero-order valence-corrected chi connectivity index (χ0v) is 19.2. The highest BCUT2D eigenvalue weighted by Crippen LogP contribution is 2.47. The number of benzene rings is 1. The van der Waals surface area contributed by atoms with Crippen LogP contribution in [0.4, 0.5) is 0 Å². The minimum absolute atomic E-state index is 0.00843. The second-order valence-corrected chi connectivity index (χ2v) is 9.72. The standard InChI is InChI=1S/C25H32N2O3S/c1-17(2)30-15-8-14-26-24(28)22-19-11-5-6-12-20(19)25(29)27(18-9-3-4-10-18)23(22)21-13-7-16-31-21/h5-7,11-13,16-18,22-23H,3-4,8-10,14-15H2,1-2H3,(H,26,28). The molecular weight excluding hydrogens is 408 g/mol. The molecule has 1 aliphatic carbocycles. The molecule has 2 aromatic rings. The molecule has 166 valence electrons. The highest BCUT2D eigenvalue weighted by Gasteiger charge is 2.47. The molecule has 6 heteroatoms. The van der Waals surface area contributed by atoms with Gasteiger partial charge in [-0.1, -0.05) is 37.1 Å². The summed E-state index contributed by atoms with van der Waals surface area (Å²) in [5.74, 6) is -0.347. The lowest BCUT2D eigenvalue weighted by Gasteiger charge is -2.44. The van der Waals surface area contributed by atoms with E-state index in [4.69, 9.17) is 4.74 Å². The number of carbonyl (C=O) groups is 2. The molecule has 0 bridgehead atoms. The zero-order chi connectivity index (χ0) is 21.8. The quantitative estimate of drug-likeness (QED) is 0.594. The van der Waals surface area contributed by atoms with Crippen LogP contribution in [0.25, 0.3) is 0 Å². The van der Waals surface area contributed by atoms with E-state index < -0.39 is 5.92 Å². The van der Waals surface area contributed by atoms with Crippen LogP contribution < -0.4 is 5.32 Å². The second kappa shape index (κ2) is 9.96. The van der Waals surface area contributed by atoms with Gasteiger partial charge in [0.15, 0.2) is 0 Å². The average Bonchev–Trinajstić information content (AvgIpc) is 3.47. The van der Waals surface area contributed by atoms with Gasteiger partial charge in [-0.05, 0) is 56.2 Å². The Bertz CT molecular complexity index is 890. The largest absolute Gasteiger partial charge is 0.379 e. The fraction of sp³-hybridized carbons (Fsp3) is 0.520. The average molecular weight is 441 g/mol. The lowest BCUT2D eigenvalue weighted by molar-refractivity contribution is -0.124. The van der Waals surface area contributed by atoms with Gasteiger partial charge in [-0.2, -0.15) is 0 Å². The summed E-state index contributed by atoms with van der Waals surface area (Å²) >= 11 is 1.63. The maximum absolute atomic E-state index is 13.6. The monoisotopic (exact) mass is 440 g/mol. The van der Waals surface area contributed by atoms with Gasteiger partial charge in [0.25, 0.3) is 5.91 Å². The van der Waals surface area contributed by atoms with Crippen molar-refractivity contribution in [3.05, 3.63) is 57.8 Å². The molecule has 1 aromatic heterocycles. The molecule has 0 saturated heterocycles. The lowest BCUT2D eigenvalue weighted by Crippen LogP contribution is -2.50. The molecule has 2 atom stereocenters. The van der Waals surface area contributed by atoms with Crippen LogP contribution in [0, 0.1) is 0 Å². The van der Waals surface area contributed by atoms with Crippen molar-refractivity contribution in [2.75, 3.05) is 13.2 Å². The van der Waals surface area contributed by atoms with Crippen LogP contribution in [0.3, 0.4) is 0 Å². The number of amides is 2. The van der Waals surface area contributed by atoms with Crippen molar-refractivity contribution in [1.82, 2.24) is 10.2 Å². The number of ether oxygens (including phenoxy) is 1. The summed E-state index contributed by atoms with van der Waals surface area (Å²) in [6.07, 6.45) is 5.26. The van der Waals surface area contributed by atoms with Crippen LogP contribution in [0.15, 0.2) is 41.8 Å². The summed E-state index contributed by atoms with van der Waals surface area (Å²) < 4.78 is 5.60. The molecule has 0 spiro atoms. The first-order valence-corrected chi connectivity index (χ1v) is 12.3. The van der Waals surface area contributed by atoms with Crippen molar-refractivity contribution < 1.29 is 14.3 Å². The number of hydrogen-bond donors (Lipinski definition) is 1. The Morgan fingerprint density at radius 1 is 1.19 bits per heavy atom. The molecule has 5 nitrogen and oxygen atoms in total. The van der Waals surface area contributed by atoms with Crippen LogP contribution in [-0.4, -0.2) is 42.0 Å². The highest BCUT2D eigenvalue weighted by molar-refractivity contribution is 7.10. The Hall–Kier alpha value is -2.18. The van der Waals surface area contributed by atoms with E-state index >= 15 is 0 Å². The number of nitrogens with zero attached hydrogens (tertiary/aromatic N) is 1. The Balaban J connectivity index is 1.65. The first-order valence-electron chi connectivity index (χ1n) is 11.4. The summed E-state index contributed by atoms with van der Waals surface area (Å²) in [5, 5.41) is 5.17. The van der Waals surface area contributed by atoms with Crippen molar-refractivity contribution >= 4 is 23.2 Å². The molecule has 0 radical (unpaired) electrons. The third kappa shape index (κ3) is 4.70. The van der Waals surface area contributed by atoms with E-state index in [9.17, 15) is 9.59 Å². The van der Waals surface area contributed by atoms with E-state index in [-0.39, 0.29) is 30.0 Å². The van der Waals surface area contributed by atoms with E-state index in [2.05, 4.69) is 11.4 Å². The van der Waals surface area contributed by atoms with Gasteiger partial charge in [0.2, 0.25) is 5.91 Å². The van der Waals surface area contributed by atoms with Crippen LogP contribution in [-0.2, 0) is 9.53 Å². The maximum atomic E-state index is 13.6. The fourth-order valence-electron chi connectivity index (χ4n) is 4.89. The van der Waals surface area contributed by atoms with E-state index in [1.54, 1.807) is 11.3 Å². The fourth-order valence-corrected chi connectivity index (χ4v) is 5.75. The number of thiophene rings is 1. The van der Waals surface area contributed by atoms with Crippen molar-refractivity contribution in [3.63, 3.8) is 0 Å². The summed E-state index contributed by atoms with van der Waals surface area (Å²) in [7, 11) is 0. The molecule has 1 saturated carbocycles. The third-order valence-corrected chi connectivity index (χ3v) is 7.23. The topological polar surface area (TPSA) is 58.6 Å². The van der Waals surface area contributed by atoms with Gasteiger partial charge in [0.1, 0.15) is 0 Å². The molecule has 1 fully saturated rings. The maximum Gasteiger partial charge on any atom is 0.254 e. The molecule has 2 heterocycles. The number of carbonyl (C=O) groups excluding carboxylic acids is 2. The molecule has 4 rings (SSSR count). The van der Waals surface area contributed by atoms with Crippen molar-refractivity contribution in [2.45, 2.75) is 70.1 Å². The smallest absolute Gasteiger partial charge is 0.254 e. The SMILES string of the molecule is CC(C)OCCCNC(=O)C1c2ccccc2C(=O)N(C2CCCC2)C1c1cccs1. The summed E-state index contributed by atoms with van der Waals surface area (Å²) in [5.41, 5.74) is 1.52. The van der Waals surface area contributed by atoms with E-state index in [1.807, 2.05) is 54.5 Å². The van der Waals surface area contributed by atoms with Crippen LogP contribution in [0.2, 0.25) is 0 Å². The molecular formula is C25H32N2O3S. The minimum Gasteiger partial charge on any atom is -0.379 e. The number of hydrogen-bond acceptors (Lipinski definition) is 4. The van der Waals surface area contributed by atoms with E-state index in [0.29, 0.717) is 18.7 Å². The Kier molecular flexibility index (Phi) is 7.08. The third-order valence-electron chi connectivity index (χ3n) is 6.28. The highest BCUT2D eigenvalue weighted by atomic mass is 32.1. The number of rotatable bonds is 8. The van der Waals surface area contributed by atoms with Crippen molar-refractivity contribution in [3.8, 4) is 0 Å². The first-order chi connectivity index (χ1) is 15.1. The Morgan fingerprint density at radius 2 is 1.97 bits per heavy atom. The summed E-state index contributed by atoms with van der Waals surface area (Å²) in [6.45, 7) is 5.22. The first kappa shape index (κ1) is 22.0. The van der Waals surface area contributed by atoms with Gasteiger partial charge in [-0.15, -0.1) is 11.3 Å². The molecule has 1 aromatic carbocycles. The van der Waals surface area contributed by atoms with E-state index in [0.717, 1.165) is 42.5 Å². The van der Waals surface area contributed by atoms with Crippen LogP contribution >= 0.6 is 11.3 Å². The van der Waals surface area contributed by atoms with Gasteiger partial charge >= 0.3 is 0 Å². The summed E-state index contributed by atoms with van der Waals surface area (Å²) in [4.78, 5) is 30.3. The normalized spacial score (nSPS) is 21.5. The van der Waals surface area contributed by atoms with Gasteiger partial charge in [-0.25, -0.2) is 0 Å². The summed E-state index contributed by atoms with van der Waals surface area (Å²) in [6, 6.07) is 11.7. The lowest BCUT2D eigenvalue weighted by atomic mass is 9.80. The predicted molar refractivity (Wildman–Crippen MR) is 123 cm³/mol. The predicted octanol–water partition coefficient (Wildman–Crippen LogP) is 4.90. The van der Waals surface area contributed by atoms with Crippen molar-refractivity contribution in [2.24, 2.45) is 0 Å². The van der Waals surface area contributed by atoms with Crippen LogP contribution in [0.5, 0.6) is 0 Å². The molecule has 2 aliphatic rings. The molecule has 2 amide bonds. The zero-order valence-electron chi connectivity index (χ0n) is 18.4. The van der Waals surface area contributed by atoms with E-state index in [1.165, 1.54) is 0 Å². The molecule has 1 N–H and O–H groups in total. The van der Waals surface area contributed by atoms with Gasteiger partial charge in [0, 0.05) is 29.6 Å². The van der Waals surface area contributed by atoms with Crippen LogP contribution in [0.1, 0.15) is 78.7 Å². The number of nitrogens with one attached hydrogen (secondary N) is 1. The second-order valence-electron chi connectivity index (χ2n) is 8.74. The molecule has 31 heavy (non-hydrogen) atoms. The Morgan fingerprint density at radius 3 is 2.68 bits per heavy atom.